The number of hydrogen-bond acceptors (Lipinski definition) is 4. The van der Waals surface area contributed by atoms with Crippen LogP contribution in [0.2, 0.25) is 0 Å². The molecule has 0 unspecified atom stereocenters. The van der Waals surface area contributed by atoms with E-state index in [1.165, 1.54) is 11.8 Å². The maximum absolute atomic E-state index is 12.5. The summed E-state index contributed by atoms with van der Waals surface area (Å²) in [5, 5.41) is 5.89. The van der Waals surface area contributed by atoms with E-state index in [4.69, 9.17) is 4.99 Å². The van der Waals surface area contributed by atoms with Crippen molar-refractivity contribution in [2.24, 2.45) is 4.99 Å². The van der Waals surface area contributed by atoms with Crippen LogP contribution in [-0.4, -0.2) is 22.2 Å². The van der Waals surface area contributed by atoms with Crippen molar-refractivity contribution in [3.63, 3.8) is 0 Å². The largest absolute Gasteiger partial charge is 0.326 e. The Morgan fingerprint density at radius 1 is 1.07 bits per heavy atom. The first-order valence-corrected chi connectivity index (χ1v) is 10.8. The molecule has 2 aromatic rings. The number of carbonyl (C=O) groups is 2. The van der Waals surface area contributed by atoms with Crippen molar-refractivity contribution < 1.29 is 9.59 Å². The molecule has 3 rings (SSSR count). The summed E-state index contributed by atoms with van der Waals surface area (Å²) in [6.07, 6.45) is 1.86. The Kier molecular flexibility index (Phi) is 6.75. The van der Waals surface area contributed by atoms with Gasteiger partial charge in [-0.05, 0) is 48.9 Å². The molecule has 2 N–H and O–H groups in total. The minimum absolute atomic E-state index is 0.110. The normalized spacial score (nSPS) is 17.4. The molecule has 2 amide bonds. The molecule has 2 aromatic carbocycles. The molecule has 1 heterocycles. The molecule has 6 heteroatoms. The molecule has 1 atom stereocenters. The Bertz CT molecular complexity index is 926. The lowest BCUT2D eigenvalue weighted by Gasteiger charge is -2.12. The standard InChI is InChI=1S/C23H27N3O2S/c1-5-16-11-8-12-17(6-2)21(16)25-23-26-22(28)18(29-23)13-19(27)24-20-14(3)9-7-10-15(20)4/h7-12,18H,5-6,13H2,1-4H3,(H,24,27)(H,25,26,28)/t18-/m0/s1. The van der Waals surface area contributed by atoms with E-state index in [1.54, 1.807) is 0 Å². The van der Waals surface area contributed by atoms with Crippen LogP contribution < -0.4 is 10.6 Å². The maximum Gasteiger partial charge on any atom is 0.240 e. The average molecular weight is 410 g/mol. The van der Waals surface area contributed by atoms with Crippen LogP contribution in [0.5, 0.6) is 0 Å². The van der Waals surface area contributed by atoms with Gasteiger partial charge in [-0.25, -0.2) is 4.99 Å². The number of nitrogens with one attached hydrogen (secondary N) is 2. The van der Waals surface area contributed by atoms with Crippen LogP contribution in [-0.2, 0) is 22.4 Å². The Morgan fingerprint density at radius 3 is 2.24 bits per heavy atom. The highest BCUT2D eigenvalue weighted by Crippen LogP contribution is 2.30. The van der Waals surface area contributed by atoms with Gasteiger partial charge in [-0.3, -0.25) is 9.59 Å². The lowest BCUT2D eigenvalue weighted by molar-refractivity contribution is -0.122. The first-order valence-electron chi connectivity index (χ1n) is 9.96. The van der Waals surface area contributed by atoms with E-state index < -0.39 is 5.25 Å². The first-order chi connectivity index (χ1) is 13.9. The third kappa shape index (κ3) is 4.88. The van der Waals surface area contributed by atoms with Crippen LogP contribution >= 0.6 is 11.8 Å². The molecule has 1 aliphatic heterocycles. The predicted octanol–water partition coefficient (Wildman–Crippen LogP) is 4.68. The number of aliphatic imine (C=N–C) groups is 1. The van der Waals surface area contributed by atoms with Crippen LogP contribution in [0.3, 0.4) is 0 Å². The maximum atomic E-state index is 12.5. The zero-order chi connectivity index (χ0) is 21.0. The molecule has 1 saturated heterocycles. The van der Waals surface area contributed by atoms with Gasteiger partial charge in [-0.1, -0.05) is 62.0 Å². The fourth-order valence-electron chi connectivity index (χ4n) is 3.42. The lowest BCUT2D eigenvalue weighted by Crippen LogP contribution is -2.28. The number of anilines is 1. The zero-order valence-corrected chi connectivity index (χ0v) is 18.2. The van der Waals surface area contributed by atoms with E-state index in [2.05, 4.69) is 36.6 Å². The number of benzene rings is 2. The summed E-state index contributed by atoms with van der Waals surface area (Å²) in [4.78, 5) is 29.7. The Balaban J connectivity index is 1.73. The fourth-order valence-corrected chi connectivity index (χ4v) is 4.40. The SMILES string of the molecule is CCc1cccc(CC)c1N=C1NC(=O)[C@H](CC(=O)Nc2c(C)cccc2C)S1. The van der Waals surface area contributed by atoms with Crippen molar-refractivity contribution in [1.82, 2.24) is 5.32 Å². The van der Waals surface area contributed by atoms with Gasteiger partial charge in [0.2, 0.25) is 11.8 Å². The van der Waals surface area contributed by atoms with Gasteiger partial charge in [-0.2, -0.15) is 0 Å². The van der Waals surface area contributed by atoms with E-state index in [1.807, 2.05) is 38.1 Å². The fraction of sp³-hybridized carbons (Fsp3) is 0.348. The Hall–Kier alpha value is -2.60. The van der Waals surface area contributed by atoms with Gasteiger partial charge in [0.25, 0.3) is 0 Å². The van der Waals surface area contributed by atoms with Gasteiger partial charge in [0, 0.05) is 12.1 Å². The summed E-state index contributed by atoms with van der Waals surface area (Å²) >= 11 is 1.33. The topological polar surface area (TPSA) is 70.6 Å². The summed E-state index contributed by atoms with van der Waals surface area (Å²) in [6.45, 7) is 8.11. The van der Waals surface area contributed by atoms with Crippen molar-refractivity contribution in [2.75, 3.05) is 5.32 Å². The molecule has 29 heavy (non-hydrogen) atoms. The quantitative estimate of drug-likeness (QED) is 0.728. The molecular weight excluding hydrogens is 382 g/mol. The average Bonchev–Trinajstić information content (AvgIpc) is 3.03. The van der Waals surface area contributed by atoms with Crippen molar-refractivity contribution >= 4 is 40.1 Å². The summed E-state index contributed by atoms with van der Waals surface area (Å²) in [7, 11) is 0. The van der Waals surface area contributed by atoms with E-state index in [0.717, 1.165) is 46.5 Å². The Morgan fingerprint density at radius 2 is 1.66 bits per heavy atom. The van der Waals surface area contributed by atoms with Gasteiger partial charge in [-0.15, -0.1) is 0 Å². The monoisotopic (exact) mass is 409 g/mol. The number of para-hydroxylation sites is 2. The molecule has 0 aliphatic carbocycles. The van der Waals surface area contributed by atoms with Gasteiger partial charge in [0.1, 0.15) is 5.25 Å². The number of thioether (sulfide) groups is 1. The lowest BCUT2D eigenvalue weighted by atomic mass is 10.0. The second-order valence-corrected chi connectivity index (χ2v) is 8.36. The summed E-state index contributed by atoms with van der Waals surface area (Å²) in [5.41, 5.74) is 6.07. The van der Waals surface area contributed by atoms with Gasteiger partial charge < -0.3 is 10.6 Å². The first kappa shape index (κ1) is 21.1. The number of hydrogen-bond donors (Lipinski definition) is 2. The minimum atomic E-state index is -0.475. The third-order valence-corrected chi connectivity index (χ3v) is 6.15. The number of carbonyl (C=O) groups excluding carboxylic acids is 2. The highest BCUT2D eigenvalue weighted by atomic mass is 32.2. The van der Waals surface area contributed by atoms with Crippen LogP contribution in [0.1, 0.15) is 42.5 Å². The van der Waals surface area contributed by atoms with Crippen molar-refractivity contribution in [2.45, 2.75) is 52.2 Å². The number of rotatable bonds is 6. The van der Waals surface area contributed by atoms with E-state index in [0.29, 0.717) is 5.17 Å². The summed E-state index contributed by atoms with van der Waals surface area (Å²) in [6, 6.07) is 12.1. The number of nitrogens with zero attached hydrogens (tertiary/aromatic N) is 1. The molecular formula is C23H27N3O2S. The zero-order valence-electron chi connectivity index (χ0n) is 17.3. The molecule has 0 aromatic heterocycles. The molecule has 1 aliphatic rings. The van der Waals surface area contributed by atoms with Crippen molar-refractivity contribution in [3.8, 4) is 0 Å². The van der Waals surface area contributed by atoms with E-state index >= 15 is 0 Å². The highest BCUT2D eigenvalue weighted by Gasteiger charge is 2.32. The predicted molar refractivity (Wildman–Crippen MR) is 121 cm³/mol. The van der Waals surface area contributed by atoms with Gasteiger partial charge in [0.15, 0.2) is 5.17 Å². The van der Waals surface area contributed by atoms with E-state index in [9.17, 15) is 9.59 Å². The van der Waals surface area contributed by atoms with Gasteiger partial charge in [0.05, 0.1) is 5.69 Å². The Labute approximate surface area is 176 Å². The van der Waals surface area contributed by atoms with Crippen LogP contribution in [0.4, 0.5) is 11.4 Å². The summed E-state index contributed by atoms with van der Waals surface area (Å²) in [5.74, 6) is -0.336. The summed E-state index contributed by atoms with van der Waals surface area (Å²) < 4.78 is 0. The van der Waals surface area contributed by atoms with Crippen molar-refractivity contribution in [3.05, 3.63) is 58.7 Å². The second-order valence-electron chi connectivity index (χ2n) is 7.16. The van der Waals surface area contributed by atoms with Crippen molar-refractivity contribution in [1.29, 1.82) is 0 Å². The third-order valence-electron chi connectivity index (χ3n) is 5.07. The van der Waals surface area contributed by atoms with Gasteiger partial charge >= 0.3 is 0 Å². The molecule has 1 fully saturated rings. The number of amidine groups is 1. The second kappa shape index (κ2) is 9.27. The molecule has 0 spiro atoms. The van der Waals surface area contributed by atoms with E-state index in [-0.39, 0.29) is 18.2 Å². The smallest absolute Gasteiger partial charge is 0.240 e. The molecule has 5 nitrogen and oxygen atoms in total. The molecule has 152 valence electrons. The van der Waals surface area contributed by atoms with Crippen LogP contribution in [0, 0.1) is 13.8 Å². The van der Waals surface area contributed by atoms with Crippen LogP contribution in [0.25, 0.3) is 0 Å². The highest BCUT2D eigenvalue weighted by molar-refractivity contribution is 8.15. The number of amides is 2. The molecule has 0 saturated carbocycles. The number of aryl methyl sites for hydroxylation is 4. The van der Waals surface area contributed by atoms with Crippen LogP contribution in [0.15, 0.2) is 41.4 Å². The molecule has 0 bridgehead atoms. The molecule has 0 radical (unpaired) electrons. The minimum Gasteiger partial charge on any atom is -0.326 e.